The van der Waals surface area contributed by atoms with E-state index in [1.165, 1.54) is 21.3 Å². The molecule has 2 rings (SSSR count). The molecule has 0 heterocycles. The molecule has 2 aromatic rings. The number of hydrogen-bond acceptors (Lipinski definition) is 9. The Morgan fingerprint density at radius 2 is 1.27 bits per heavy atom. The molecule has 0 saturated carbocycles. The normalized spacial score (nSPS) is 16.2. The first-order valence-corrected chi connectivity index (χ1v) is 10.6. The number of aliphatic hydroxyl groups is 2. The third-order valence-electron chi connectivity index (χ3n) is 4.86. The molecule has 184 valence electrons. The zero-order valence-corrected chi connectivity index (χ0v) is 19.2. The molecule has 0 aliphatic carbocycles. The van der Waals surface area contributed by atoms with Gasteiger partial charge >= 0.3 is 0 Å². The van der Waals surface area contributed by atoms with Crippen molar-refractivity contribution in [3.05, 3.63) is 71.8 Å². The van der Waals surface area contributed by atoms with Crippen LogP contribution in [0.3, 0.4) is 0 Å². The summed E-state index contributed by atoms with van der Waals surface area (Å²) in [4.78, 5) is 20.6. The van der Waals surface area contributed by atoms with E-state index in [4.69, 9.17) is 33.8 Å². The number of ether oxygens (including phenoxy) is 3. The Bertz CT molecular complexity index is 731. The fraction of sp³-hybridized carbons (Fsp3) is 0.500. The number of aliphatic hydroxyl groups excluding tert-OH is 2. The van der Waals surface area contributed by atoms with Crippen LogP contribution in [0, 0.1) is 0 Å². The van der Waals surface area contributed by atoms with E-state index in [-0.39, 0.29) is 19.8 Å². The molecule has 0 saturated heterocycles. The Kier molecular flexibility index (Phi) is 13.1. The van der Waals surface area contributed by atoms with Crippen LogP contribution in [-0.2, 0) is 47.0 Å². The fourth-order valence-electron chi connectivity index (χ4n) is 3.25. The van der Waals surface area contributed by atoms with Crippen molar-refractivity contribution in [2.24, 2.45) is 0 Å². The van der Waals surface area contributed by atoms with E-state index in [1.54, 1.807) is 0 Å². The quantitative estimate of drug-likeness (QED) is 0.268. The maximum atomic E-state index is 10.8. The number of rotatable bonds is 17. The molecular formula is C24H34O9. The monoisotopic (exact) mass is 466 g/mol. The average Bonchev–Trinajstić information content (AvgIpc) is 2.84. The highest BCUT2D eigenvalue weighted by molar-refractivity contribution is 5.14. The van der Waals surface area contributed by atoms with Crippen LogP contribution < -0.4 is 0 Å². The maximum absolute atomic E-state index is 10.8. The summed E-state index contributed by atoms with van der Waals surface area (Å²) in [5, 5.41) is 21.1. The van der Waals surface area contributed by atoms with Gasteiger partial charge in [0, 0.05) is 7.11 Å². The van der Waals surface area contributed by atoms with Gasteiger partial charge in [-0.1, -0.05) is 60.7 Å². The van der Waals surface area contributed by atoms with Crippen LogP contribution in [0.25, 0.3) is 0 Å². The summed E-state index contributed by atoms with van der Waals surface area (Å²) in [6.07, 6.45) is -5.59. The molecule has 0 fully saturated rings. The molecular weight excluding hydrogens is 432 g/mol. The van der Waals surface area contributed by atoms with E-state index < -0.39 is 30.5 Å². The van der Waals surface area contributed by atoms with Crippen molar-refractivity contribution in [1.29, 1.82) is 0 Å². The molecule has 0 aromatic heterocycles. The SMILES string of the molecule is COC[C@H](O)[C@@H](O)[C@@H](OOC)[C@H](OCc1ccccc1)[C@H](COCc1ccccc1)OOC. The second-order valence-electron chi connectivity index (χ2n) is 7.30. The van der Waals surface area contributed by atoms with Gasteiger partial charge in [0.1, 0.15) is 24.4 Å². The molecule has 0 spiro atoms. The number of hydrogen-bond donors (Lipinski definition) is 2. The van der Waals surface area contributed by atoms with E-state index in [1.807, 2.05) is 60.7 Å². The smallest absolute Gasteiger partial charge is 0.150 e. The van der Waals surface area contributed by atoms with E-state index in [0.29, 0.717) is 6.61 Å². The molecule has 0 radical (unpaired) electrons. The Morgan fingerprint density at radius 1 is 0.697 bits per heavy atom. The lowest BCUT2D eigenvalue weighted by Gasteiger charge is -2.35. The van der Waals surface area contributed by atoms with Gasteiger partial charge in [-0.25, -0.2) is 19.6 Å². The van der Waals surface area contributed by atoms with Gasteiger partial charge in [-0.05, 0) is 11.1 Å². The van der Waals surface area contributed by atoms with Crippen molar-refractivity contribution in [3.63, 3.8) is 0 Å². The van der Waals surface area contributed by atoms with Crippen LogP contribution in [0.2, 0.25) is 0 Å². The van der Waals surface area contributed by atoms with Crippen molar-refractivity contribution in [3.8, 4) is 0 Å². The van der Waals surface area contributed by atoms with Crippen molar-refractivity contribution < 1.29 is 44.0 Å². The summed E-state index contributed by atoms with van der Waals surface area (Å²) in [6, 6.07) is 19.1. The van der Waals surface area contributed by atoms with E-state index in [0.717, 1.165) is 11.1 Å². The minimum Gasteiger partial charge on any atom is -0.388 e. The highest BCUT2D eigenvalue weighted by atomic mass is 17.2. The van der Waals surface area contributed by atoms with E-state index >= 15 is 0 Å². The molecule has 2 N–H and O–H groups in total. The van der Waals surface area contributed by atoms with Crippen LogP contribution in [0.4, 0.5) is 0 Å². The van der Waals surface area contributed by atoms with Gasteiger partial charge in [-0.2, -0.15) is 0 Å². The number of methoxy groups -OCH3 is 1. The summed E-state index contributed by atoms with van der Waals surface area (Å²) in [6.45, 7) is 0.459. The molecule has 0 amide bonds. The van der Waals surface area contributed by atoms with Crippen LogP contribution in [0.15, 0.2) is 60.7 Å². The summed E-state index contributed by atoms with van der Waals surface area (Å²) >= 11 is 0. The molecule has 5 atom stereocenters. The summed E-state index contributed by atoms with van der Waals surface area (Å²) in [5.41, 5.74) is 1.88. The number of benzene rings is 2. The molecule has 0 aliphatic heterocycles. The van der Waals surface area contributed by atoms with Gasteiger partial charge < -0.3 is 24.4 Å². The molecule has 0 aliphatic rings. The van der Waals surface area contributed by atoms with Crippen LogP contribution in [0.1, 0.15) is 11.1 Å². The molecule has 2 aromatic carbocycles. The largest absolute Gasteiger partial charge is 0.388 e. The fourth-order valence-corrected chi connectivity index (χ4v) is 3.25. The second-order valence-corrected chi connectivity index (χ2v) is 7.30. The topological polar surface area (TPSA) is 105 Å². The molecule has 33 heavy (non-hydrogen) atoms. The molecule has 9 heteroatoms. The summed E-state index contributed by atoms with van der Waals surface area (Å²) in [7, 11) is 4.08. The first kappa shape index (κ1) is 27.3. The zero-order valence-electron chi connectivity index (χ0n) is 19.2. The maximum Gasteiger partial charge on any atom is 0.150 e. The first-order valence-electron chi connectivity index (χ1n) is 10.6. The van der Waals surface area contributed by atoms with Gasteiger partial charge in [-0.3, -0.25) is 0 Å². The zero-order chi connectivity index (χ0) is 23.9. The third kappa shape index (κ3) is 9.46. The first-order chi connectivity index (χ1) is 16.1. The summed E-state index contributed by atoms with van der Waals surface area (Å²) < 4.78 is 16.9. The van der Waals surface area contributed by atoms with Crippen molar-refractivity contribution >= 4 is 0 Å². The van der Waals surface area contributed by atoms with Crippen molar-refractivity contribution in [2.75, 3.05) is 34.5 Å². The van der Waals surface area contributed by atoms with Crippen LogP contribution >= 0.6 is 0 Å². The van der Waals surface area contributed by atoms with Crippen LogP contribution in [0.5, 0.6) is 0 Å². The second kappa shape index (κ2) is 15.8. The molecule has 9 nitrogen and oxygen atoms in total. The lowest BCUT2D eigenvalue weighted by Crippen LogP contribution is -2.54. The van der Waals surface area contributed by atoms with Gasteiger partial charge in [0.05, 0.1) is 40.6 Å². The van der Waals surface area contributed by atoms with Crippen molar-refractivity contribution in [2.45, 2.75) is 43.7 Å². The Labute approximate surface area is 194 Å². The van der Waals surface area contributed by atoms with E-state index in [2.05, 4.69) is 0 Å². The van der Waals surface area contributed by atoms with Gasteiger partial charge in [-0.15, -0.1) is 0 Å². The lowest BCUT2D eigenvalue weighted by molar-refractivity contribution is -0.381. The molecule has 0 bridgehead atoms. The standard InChI is InChI=1S/C24H34O9/c1-27-16-20(25)22(26)24(33-29-3)23(31-15-19-12-8-5-9-13-19)21(32-28-2)17-30-14-18-10-6-4-7-11-18/h4-13,20-26H,14-17H2,1-3H3/t20-,21-,22+,23+,24+/m0/s1. The Hall–Kier alpha value is -1.92. The Morgan fingerprint density at radius 3 is 1.82 bits per heavy atom. The summed E-state index contributed by atoms with van der Waals surface area (Å²) in [5.74, 6) is 0. The Balaban J connectivity index is 2.20. The highest BCUT2D eigenvalue weighted by Crippen LogP contribution is 2.21. The van der Waals surface area contributed by atoms with E-state index in [9.17, 15) is 10.2 Å². The average molecular weight is 467 g/mol. The van der Waals surface area contributed by atoms with Gasteiger partial charge in [0.2, 0.25) is 0 Å². The van der Waals surface area contributed by atoms with Crippen molar-refractivity contribution in [1.82, 2.24) is 0 Å². The highest BCUT2D eigenvalue weighted by Gasteiger charge is 2.41. The van der Waals surface area contributed by atoms with Crippen LogP contribution in [-0.4, -0.2) is 75.3 Å². The minimum atomic E-state index is -1.41. The predicted octanol–water partition coefficient (Wildman–Crippen LogP) is 2.05. The van der Waals surface area contributed by atoms with Gasteiger partial charge in [0.15, 0.2) is 6.10 Å². The van der Waals surface area contributed by atoms with Gasteiger partial charge in [0.25, 0.3) is 0 Å². The lowest BCUT2D eigenvalue weighted by atomic mass is 9.99. The predicted molar refractivity (Wildman–Crippen MR) is 119 cm³/mol. The third-order valence-corrected chi connectivity index (χ3v) is 4.86. The minimum absolute atomic E-state index is 0.0544. The molecule has 0 unspecified atom stereocenters.